The molecule has 0 saturated heterocycles. The minimum atomic E-state index is -0.748. The molecule has 4 aromatic carbocycles. The van der Waals surface area contributed by atoms with E-state index in [1.54, 1.807) is 0 Å². The highest BCUT2D eigenvalue weighted by molar-refractivity contribution is 9.39. The number of fused-ring (bicyclic) bond motifs is 2. The fraction of sp³-hybridized carbons (Fsp3) is 0.133. The van der Waals surface area contributed by atoms with Gasteiger partial charge in [-0.1, -0.05) is 276 Å². The molecule has 0 atom stereocenters. The molecule has 0 saturated carbocycles. The van der Waals surface area contributed by atoms with Gasteiger partial charge in [0.1, 0.15) is 0 Å². The molecule has 6 nitrogen and oxygen atoms in total. The SMILES string of the molecule is BrC(Br)(Br)c1nc(-c2cccc3ccccc23)nc(C(Br)(Br)Br)n1.BrC(Br)(Br)c1nc(-c2cccc3ccccc23)nc(C(Br)(Br)Br)n1. The van der Waals surface area contributed by atoms with E-state index in [1.807, 2.05) is 48.5 Å². The summed E-state index contributed by atoms with van der Waals surface area (Å²) in [6, 6.07) is 28.4. The number of benzene rings is 4. The summed E-state index contributed by atoms with van der Waals surface area (Å²) >= 11 is 41.7. The van der Waals surface area contributed by atoms with Crippen molar-refractivity contribution in [1.82, 2.24) is 29.9 Å². The fourth-order valence-electron chi connectivity index (χ4n) is 4.34. The first-order chi connectivity index (χ1) is 22.3. The Kier molecular flexibility index (Phi) is 13.7. The third-order valence-corrected chi connectivity index (χ3v) is 10.6. The predicted octanol–water partition coefficient (Wildman–Crippen LogP) is 14.6. The van der Waals surface area contributed by atoms with E-state index in [1.165, 1.54) is 0 Å². The molecule has 248 valence electrons. The van der Waals surface area contributed by atoms with Gasteiger partial charge in [-0.25, -0.2) is 29.9 Å². The molecular formula is C30H14Br12N6. The summed E-state index contributed by atoms with van der Waals surface area (Å²) in [5.74, 6) is 3.15. The van der Waals surface area contributed by atoms with Gasteiger partial charge in [-0.3, -0.25) is 0 Å². The first-order valence-electron chi connectivity index (χ1n) is 13.1. The van der Waals surface area contributed by atoms with Crippen molar-refractivity contribution in [3.05, 3.63) is 108 Å². The highest BCUT2D eigenvalue weighted by atomic mass is 80.0. The van der Waals surface area contributed by atoms with E-state index in [4.69, 9.17) is 0 Å². The van der Waals surface area contributed by atoms with E-state index in [9.17, 15) is 0 Å². The van der Waals surface area contributed by atoms with Crippen LogP contribution in [0.15, 0.2) is 84.9 Å². The zero-order valence-electron chi connectivity index (χ0n) is 23.3. The topological polar surface area (TPSA) is 77.3 Å². The molecule has 0 aliphatic carbocycles. The molecule has 0 bridgehead atoms. The van der Waals surface area contributed by atoms with Crippen molar-refractivity contribution in [2.24, 2.45) is 0 Å². The van der Waals surface area contributed by atoms with E-state index in [0.717, 1.165) is 32.7 Å². The molecule has 2 heterocycles. The van der Waals surface area contributed by atoms with E-state index in [0.29, 0.717) is 34.9 Å². The van der Waals surface area contributed by atoms with Crippen LogP contribution in [0.25, 0.3) is 44.3 Å². The molecule has 0 radical (unpaired) electrons. The normalized spacial score (nSPS) is 12.6. The molecule has 0 aliphatic rings. The maximum absolute atomic E-state index is 4.61. The van der Waals surface area contributed by atoms with Crippen LogP contribution in [0.1, 0.15) is 23.3 Å². The molecule has 0 N–H and O–H groups in total. The summed E-state index contributed by atoms with van der Waals surface area (Å²) in [4.78, 5) is 27.4. The maximum Gasteiger partial charge on any atom is 0.194 e. The molecular weight excluding hydrogens is 1400 g/mol. The van der Waals surface area contributed by atoms with Gasteiger partial charge in [0, 0.05) is 11.1 Å². The van der Waals surface area contributed by atoms with Crippen LogP contribution in [-0.4, -0.2) is 29.9 Å². The Morgan fingerprint density at radius 3 is 0.875 bits per heavy atom. The van der Waals surface area contributed by atoms with Gasteiger partial charge in [0.15, 0.2) is 43.5 Å². The summed E-state index contributed by atoms with van der Waals surface area (Å²) in [6.45, 7) is 0. The van der Waals surface area contributed by atoms with Crippen molar-refractivity contribution in [2.45, 2.75) is 8.57 Å². The Morgan fingerprint density at radius 1 is 0.312 bits per heavy atom. The maximum atomic E-state index is 4.61. The lowest BCUT2D eigenvalue weighted by Gasteiger charge is -2.17. The van der Waals surface area contributed by atoms with Crippen LogP contribution in [0.5, 0.6) is 0 Å². The standard InChI is InChI=1S/2C15H7Br6N3/c2*16-14(17,18)12-22-11(23-13(24-12)15(19,20)21)10-7-3-5-8-4-1-2-6-9(8)10/h2*1-7H. The second-order valence-corrected chi connectivity index (χ2v) is 36.7. The molecule has 0 spiro atoms. The van der Waals surface area contributed by atoms with Crippen LogP contribution >= 0.6 is 191 Å². The zero-order valence-corrected chi connectivity index (χ0v) is 42.3. The molecule has 18 heteroatoms. The van der Waals surface area contributed by atoms with Gasteiger partial charge >= 0.3 is 0 Å². The molecule has 0 fully saturated rings. The lowest BCUT2D eigenvalue weighted by Crippen LogP contribution is -2.15. The number of halogens is 12. The third kappa shape index (κ3) is 10.2. The van der Waals surface area contributed by atoms with Crippen LogP contribution < -0.4 is 0 Å². The first kappa shape index (κ1) is 40.4. The number of aromatic nitrogens is 6. The summed E-state index contributed by atoms with van der Waals surface area (Å²) < 4.78 is -2.99. The van der Waals surface area contributed by atoms with Gasteiger partial charge in [0.05, 0.1) is 0 Å². The quantitative estimate of drug-likeness (QED) is 0.161. The average Bonchev–Trinajstić information content (AvgIpc) is 3.02. The molecule has 0 aliphatic heterocycles. The number of hydrogen-bond acceptors (Lipinski definition) is 6. The Bertz CT molecular complexity index is 1880. The van der Waals surface area contributed by atoms with Crippen molar-refractivity contribution in [1.29, 1.82) is 0 Å². The molecule has 2 aromatic heterocycles. The highest BCUT2D eigenvalue weighted by Gasteiger charge is 2.33. The highest BCUT2D eigenvalue weighted by Crippen LogP contribution is 2.48. The molecule has 0 unspecified atom stereocenters. The second kappa shape index (κ2) is 16.3. The first-order valence-corrected chi connectivity index (χ1v) is 22.6. The molecule has 6 aromatic rings. The lowest BCUT2D eigenvalue weighted by atomic mass is 10.0. The van der Waals surface area contributed by atoms with Gasteiger partial charge in [0.2, 0.25) is 0 Å². The fourth-order valence-corrected chi connectivity index (χ4v) is 6.47. The Morgan fingerprint density at radius 2 is 0.583 bits per heavy atom. The van der Waals surface area contributed by atoms with Crippen LogP contribution in [0.3, 0.4) is 0 Å². The molecule has 6 rings (SSSR count). The van der Waals surface area contributed by atoms with Crippen LogP contribution in [0, 0.1) is 0 Å². The summed E-state index contributed by atoms with van der Waals surface area (Å²) in [6.07, 6.45) is 0. The van der Waals surface area contributed by atoms with Gasteiger partial charge in [-0.05, 0) is 21.5 Å². The summed E-state index contributed by atoms with van der Waals surface area (Å²) in [7, 11) is 0. The monoisotopic (exact) mass is 1410 g/mol. The Hall–Kier alpha value is 1.18. The number of rotatable bonds is 2. The Balaban J connectivity index is 0.000000188. The van der Waals surface area contributed by atoms with Gasteiger partial charge < -0.3 is 0 Å². The van der Waals surface area contributed by atoms with Gasteiger partial charge in [0.25, 0.3) is 0 Å². The predicted molar refractivity (Wildman–Crippen MR) is 239 cm³/mol. The number of hydrogen-bond donors (Lipinski definition) is 0. The zero-order chi connectivity index (χ0) is 35.1. The van der Waals surface area contributed by atoms with Crippen molar-refractivity contribution in [2.75, 3.05) is 0 Å². The minimum absolute atomic E-state index is 0.498. The lowest BCUT2D eigenvalue weighted by molar-refractivity contribution is 0.894. The van der Waals surface area contributed by atoms with E-state index < -0.39 is 8.57 Å². The van der Waals surface area contributed by atoms with Crippen molar-refractivity contribution < 1.29 is 0 Å². The second-order valence-electron chi connectivity index (χ2n) is 9.66. The van der Waals surface area contributed by atoms with E-state index in [2.05, 4.69) is 257 Å². The Labute approximate surface area is 376 Å². The summed E-state index contributed by atoms with van der Waals surface area (Å²) in [5, 5.41) is 4.42. The number of alkyl halides is 12. The molecule has 0 amide bonds. The van der Waals surface area contributed by atoms with Crippen molar-refractivity contribution in [3.63, 3.8) is 0 Å². The average molecular weight is 1420 g/mol. The largest absolute Gasteiger partial charge is 0.211 e. The van der Waals surface area contributed by atoms with Gasteiger partial charge in [-0.2, -0.15) is 0 Å². The third-order valence-electron chi connectivity index (χ3n) is 6.35. The van der Waals surface area contributed by atoms with E-state index in [-0.39, 0.29) is 0 Å². The summed E-state index contributed by atoms with van der Waals surface area (Å²) in [5.41, 5.74) is 1.87. The van der Waals surface area contributed by atoms with Crippen LogP contribution in [-0.2, 0) is 8.57 Å². The van der Waals surface area contributed by atoms with Crippen molar-refractivity contribution >= 4 is 213 Å². The van der Waals surface area contributed by atoms with Gasteiger partial charge in [-0.15, -0.1) is 0 Å². The molecule has 48 heavy (non-hydrogen) atoms. The van der Waals surface area contributed by atoms with Crippen molar-refractivity contribution in [3.8, 4) is 22.8 Å². The minimum Gasteiger partial charge on any atom is -0.211 e. The van der Waals surface area contributed by atoms with Crippen LogP contribution in [0.2, 0.25) is 0 Å². The van der Waals surface area contributed by atoms with Crippen LogP contribution in [0.4, 0.5) is 0 Å². The van der Waals surface area contributed by atoms with E-state index >= 15 is 0 Å². The number of nitrogens with zero attached hydrogens (tertiary/aromatic N) is 6. The smallest absolute Gasteiger partial charge is 0.194 e.